The Morgan fingerprint density at radius 3 is 2.47 bits per heavy atom. The van der Waals surface area contributed by atoms with Crippen LogP contribution in [-0.2, 0) is 29.4 Å². The Hall–Kier alpha value is -3.60. The van der Waals surface area contributed by atoms with Crippen molar-refractivity contribution < 1.29 is 31.9 Å². The van der Waals surface area contributed by atoms with E-state index >= 15 is 0 Å². The van der Waals surface area contributed by atoms with E-state index in [1.165, 1.54) is 11.0 Å². The maximum absolute atomic E-state index is 13.7. The smallest absolute Gasteiger partial charge is 0.378 e. The average Bonchev–Trinajstić information content (AvgIpc) is 3.81. The largest absolute Gasteiger partial charge is 0.416 e. The van der Waals surface area contributed by atoms with Crippen LogP contribution < -0.4 is 5.56 Å². The monoisotopic (exact) mass is 601 g/mol. The van der Waals surface area contributed by atoms with Gasteiger partial charge in [0.15, 0.2) is 6.10 Å². The number of amides is 1. The molecular formula is C32H32F5N3O3. The van der Waals surface area contributed by atoms with Gasteiger partial charge in [-0.05, 0) is 73.3 Å². The lowest BCUT2D eigenvalue weighted by Gasteiger charge is -2.29. The van der Waals surface area contributed by atoms with Gasteiger partial charge in [0.25, 0.3) is 11.5 Å². The average molecular weight is 602 g/mol. The van der Waals surface area contributed by atoms with Gasteiger partial charge in [0.1, 0.15) is 5.82 Å². The van der Waals surface area contributed by atoms with Crippen LogP contribution in [0, 0.1) is 0 Å². The molecule has 1 aliphatic heterocycles. The van der Waals surface area contributed by atoms with Crippen molar-refractivity contribution in [1.29, 1.82) is 0 Å². The summed E-state index contributed by atoms with van der Waals surface area (Å²) < 4.78 is 66.9. The minimum Gasteiger partial charge on any atom is -0.378 e. The standard InChI is InChI=1S/C32H32F5N3O3/c33-31(34)11-9-19(10-12-31)20-4-1-6-22(16-20)30(13-14-30)29-38-25-8-3-15-40(18-24(25)27(42)39-29)28(43)26(41)21-5-2-7-23(17-21)32(35,36)37/h1-2,4-7,16-17,19,26,41H,3,8-15,18H2,(H,38,39,42). The maximum atomic E-state index is 13.7. The topological polar surface area (TPSA) is 86.3 Å². The number of hydrogen-bond donors (Lipinski definition) is 2. The molecule has 1 amide bonds. The Morgan fingerprint density at radius 1 is 1.05 bits per heavy atom. The molecule has 0 radical (unpaired) electrons. The van der Waals surface area contributed by atoms with Crippen LogP contribution in [0.3, 0.4) is 0 Å². The Labute approximate surface area is 245 Å². The molecule has 1 unspecified atom stereocenters. The molecule has 1 atom stereocenters. The van der Waals surface area contributed by atoms with Crippen molar-refractivity contribution in [3.05, 3.63) is 98.2 Å². The van der Waals surface area contributed by atoms with Crippen molar-refractivity contribution in [3.63, 3.8) is 0 Å². The zero-order valence-corrected chi connectivity index (χ0v) is 23.4. The first kappa shape index (κ1) is 29.5. The minimum atomic E-state index is -4.62. The molecule has 3 aliphatic rings. The number of aliphatic hydroxyl groups is 1. The first-order chi connectivity index (χ1) is 20.4. The second-order valence-corrected chi connectivity index (χ2v) is 12.1. The Morgan fingerprint density at radius 2 is 1.77 bits per heavy atom. The number of aromatic amines is 1. The van der Waals surface area contributed by atoms with Crippen LogP contribution in [0.5, 0.6) is 0 Å². The van der Waals surface area contributed by atoms with Crippen LogP contribution in [0.4, 0.5) is 22.0 Å². The van der Waals surface area contributed by atoms with E-state index in [2.05, 4.69) is 11.1 Å². The van der Waals surface area contributed by atoms with Crippen molar-refractivity contribution in [2.24, 2.45) is 0 Å². The van der Waals surface area contributed by atoms with Crippen molar-refractivity contribution in [1.82, 2.24) is 14.9 Å². The Kier molecular flexibility index (Phi) is 7.43. The fraction of sp³-hybridized carbons (Fsp3) is 0.469. The van der Waals surface area contributed by atoms with Crippen LogP contribution in [0.1, 0.15) is 96.3 Å². The molecule has 3 aromatic rings. The van der Waals surface area contributed by atoms with Crippen LogP contribution in [0.15, 0.2) is 53.3 Å². The molecule has 0 saturated heterocycles. The molecule has 1 aromatic heterocycles. The van der Waals surface area contributed by atoms with Gasteiger partial charge in [-0.1, -0.05) is 36.4 Å². The second-order valence-electron chi connectivity index (χ2n) is 12.1. The van der Waals surface area contributed by atoms with Crippen molar-refractivity contribution in [2.75, 3.05) is 6.54 Å². The number of benzene rings is 2. The van der Waals surface area contributed by atoms with E-state index in [1.54, 1.807) is 0 Å². The number of carbonyl (C=O) groups is 1. The van der Waals surface area contributed by atoms with Crippen molar-refractivity contribution in [2.45, 2.75) is 87.4 Å². The molecule has 2 saturated carbocycles. The Balaban J connectivity index is 1.23. The molecule has 2 N–H and O–H groups in total. The molecular weight excluding hydrogens is 569 g/mol. The van der Waals surface area contributed by atoms with E-state index in [0.717, 1.165) is 42.2 Å². The third-order valence-electron chi connectivity index (χ3n) is 9.20. The highest BCUT2D eigenvalue weighted by atomic mass is 19.4. The van der Waals surface area contributed by atoms with E-state index in [0.29, 0.717) is 42.8 Å². The van der Waals surface area contributed by atoms with Gasteiger partial charge < -0.3 is 15.0 Å². The Bertz CT molecular complexity index is 1590. The number of H-pyrrole nitrogens is 1. The highest BCUT2D eigenvalue weighted by Crippen LogP contribution is 2.53. The van der Waals surface area contributed by atoms with Crippen molar-refractivity contribution in [3.8, 4) is 0 Å². The lowest BCUT2D eigenvalue weighted by atomic mass is 9.80. The zero-order valence-electron chi connectivity index (χ0n) is 23.4. The molecule has 2 heterocycles. The second kappa shape index (κ2) is 10.8. The van der Waals surface area contributed by atoms with Gasteiger partial charge >= 0.3 is 6.18 Å². The number of carbonyl (C=O) groups excluding carboxylic acids is 1. The van der Waals surface area contributed by atoms with Crippen LogP contribution >= 0.6 is 0 Å². The lowest BCUT2D eigenvalue weighted by molar-refractivity contribution is -0.142. The zero-order chi connectivity index (χ0) is 30.6. The molecule has 228 valence electrons. The third kappa shape index (κ3) is 5.83. The highest BCUT2D eigenvalue weighted by molar-refractivity contribution is 5.82. The molecule has 6 nitrogen and oxygen atoms in total. The molecule has 43 heavy (non-hydrogen) atoms. The van der Waals surface area contributed by atoms with Crippen LogP contribution in [0.2, 0.25) is 0 Å². The van der Waals surface area contributed by atoms with Crippen LogP contribution in [-0.4, -0.2) is 38.3 Å². The summed E-state index contributed by atoms with van der Waals surface area (Å²) in [5.74, 6) is -2.80. The van der Waals surface area contributed by atoms with Gasteiger partial charge in [-0.25, -0.2) is 13.8 Å². The van der Waals surface area contributed by atoms with E-state index in [4.69, 9.17) is 4.98 Å². The number of nitrogens with one attached hydrogen (secondary N) is 1. The molecule has 0 bridgehead atoms. The molecule has 2 aliphatic carbocycles. The molecule has 0 spiro atoms. The predicted octanol–water partition coefficient (Wildman–Crippen LogP) is 6.17. The van der Waals surface area contributed by atoms with Gasteiger partial charge in [0.2, 0.25) is 5.92 Å². The summed E-state index contributed by atoms with van der Waals surface area (Å²) in [6.07, 6.45) is -3.40. The van der Waals surface area contributed by atoms with E-state index in [-0.39, 0.29) is 37.4 Å². The van der Waals surface area contributed by atoms with Crippen LogP contribution in [0.25, 0.3) is 0 Å². The summed E-state index contributed by atoms with van der Waals surface area (Å²) in [7, 11) is 0. The summed E-state index contributed by atoms with van der Waals surface area (Å²) in [6, 6.07) is 12.0. The van der Waals surface area contributed by atoms with Gasteiger partial charge in [-0.3, -0.25) is 9.59 Å². The number of hydrogen-bond acceptors (Lipinski definition) is 4. The number of fused-ring (bicyclic) bond motifs is 1. The lowest BCUT2D eigenvalue weighted by Crippen LogP contribution is -2.36. The summed E-state index contributed by atoms with van der Waals surface area (Å²) in [6.45, 7) is 0.0786. The summed E-state index contributed by atoms with van der Waals surface area (Å²) in [5, 5.41) is 10.7. The summed E-state index contributed by atoms with van der Waals surface area (Å²) >= 11 is 0. The summed E-state index contributed by atoms with van der Waals surface area (Å²) in [4.78, 5) is 35.6. The van der Waals surface area contributed by atoms with Gasteiger partial charge in [0, 0.05) is 19.4 Å². The van der Waals surface area contributed by atoms with Gasteiger partial charge in [-0.2, -0.15) is 13.2 Å². The molecule has 11 heteroatoms. The minimum absolute atomic E-state index is 0.0595. The first-order valence-corrected chi connectivity index (χ1v) is 14.6. The molecule has 6 rings (SSSR count). The molecule has 2 aromatic carbocycles. The van der Waals surface area contributed by atoms with E-state index in [9.17, 15) is 36.6 Å². The number of nitrogens with zero attached hydrogens (tertiary/aromatic N) is 2. The fourth-order valence-electron chi connectivity index (χ4n) is 6.49. The highest BCUT2D eigenvalue weighted by Gasteiger charge is 2.49. The molecule has 2 fully saturated rings. The fourth-order valence-corrected chi connectivity index (χ4v) is 6.49. The first-order valence-electron chi connectivity index (χ1n) is 14.6. The van der Waals surface area contributed by atoms with E-state index < -0.39 is 40.6 Å². The normalized spacial score (nSPS) is 20.7. The quantitative estimate of drug-likeness (QED) is 0.343. The maximum Gasteiger partial charge on any atom is 0.416 e. The predicted molar refractivity (Wildman–Crippen MR) is 148 cm³/mol. The number of alkyl halides is 5. The summed E-state index contributed by atoms with van der Waals surface area (Å²) in [5.41, 5.74) is 0.829. The third-order valence-corrected chi connectivity index (χ3v) is 9.20. The SMILES string of the molecule is O=C(C(O)c1cccc(C(F)(F)F)c1)N1CCCc2nc(C3(c4cccc(C5CCC(F)(F)CC5)c4)CC3)[nH]c(=O)c2C1. The van der Waals surface area contributed by atoms with Gasteiger partial charge in [0.05, 0.1) is 28.8 Å². The number of aromatic nitrogens is 2. The van der Waals surface area contributed by atoms with Crippen molar-refractivity contribution >= 4 is 5.91 Å². The number of aryl methyl sites for hydroxylation is 1. The van der Waals surface area contributed by atoms with Gasteiger partial charge in [-0.15, -0.1) is 0 Å². The number of rotatable bonds is 5. The number of aliphatic hydroxyl groups excluding tert-OH is 1. The van der Waals surface area contributed by atoms with E-state index in [1.807, 2.05) is 18.2 Å². The number of halogens is 5.